The molecule has 0 bridgehead atoms. The first-order chi connectivity index (χ1) is 11.3. The number of halogens is 1. The molecule has 1 aromatic rings. The van der Waals surface area contributed by atoms with Gasteiger partial charge in [-0.3, -0.25) is 4.98 Å². The Bertz CT molecular complexity index is 476. The van der Waals surface area contributed by atoms with E-state index in [1.165, 1.54) is 39.8 Å². The van der Waals surface area contributed by atoms with Crippen molar-refractivity contribution in [2.24, 2.45) is 0 Å². The molecule has 0 aliphatic rings. The molecule has 1 amide bonds. The summed E-state index contributed by atoms with van der Waals surface area (Å²) in [6, 6.07) is 3.51. The van der Waals surface area contributed by atoms with Crippen LogP contribution in [0.15, 0.2) is 18.3 Å². The molecule has 0 atom stereocenters. The normalized spacial score (nSPS) is 10.3. The number of carbonyl (C=O) groups excluding carboxylic acids is 1. The van der Waals surface area contributed by atoms with Gasteiger partial charge >= 0.3 is 0 Å². The van der Waals surface area contributed by atoms with Crippen LogP contribution in [0.5, 0.6) is 5.75 Å². The van der Waals surface area contributed by atoms with E-state index in [2.05, 4.69) is 25.9 Å². The number of carbonyl (C=O) groups is 1. The van der Waals surface area contributed by atoms with Crippen LogP contribution in [0.1, 0.15) is 45.2 Å². The monoisotopic (exact) mass is 418 g/mol. The fourth-order valence-electron chi connectivity index (χ4n) is 2.26. The summed E-state index contributed by atoms with van der Waals surface area (Å²) in [5.74, 6) is 0.329. The molecule has 0 aliphatic carbocycles. The topological polar surface area (TPSA) is 76.5 Å². The summed E-state index contributed by atoms with van der Waals surface area (Å²) < 4.78 is 0.978. The standard InChI is InChI=1S/C15H26N2O.C3H7NO2.BrH/c1-4-6-11-17(3,12-7-5-2)13-14-15(18)9-8-10-16-14;1-4(2)3(5)6;/h8-10H,4-7,11-13H2,1-3H3;1-2H3,(H,5,6);1H/p-1. The van der Waals surface area contributed by atoms with Crippen molar-refractivity contribution in [1.82, 2.24) is 9.88 Å². The van der Waals surface area contributed by atoms with Crippen molar-refractivity contribution in [3.8, 4) is 5.75 Å². The number of aromatic nitrogens is 1. The van der Waals surface area contributed by atoms with Gasteiger partial charge in [0.1, 0.15) is 24.1 Å². The predicted octanol–water partition coefficient (Wildman–Crippen LogP) is -0.771. The molecule has 146 valence electrons. The van der Waals surface area contributed by atoms with Gasteiger partial charge in [0.15, 0.2) is 0 Å². The molecule has 7 heteroatoms. The van der Waals surface area contributed by atoms with Crippen LogP contribution in [-0.4, -0.2) is 59.8 Å². The number of carboxylic acid groups (broad SMARTS) is 1. The van der Waals surface area contributed by atoms with Crippen LogP contribution in [0.4, 0.5) is 4.79 Å². The van der Waals surface area contributed by atoms with Crippen molar-refractivity contribution in [3.05, 3.63) is 24.0 Å². The summed E-state index contributed by atoms with van der Waals surface area (Å²) in [5.41, 5.74) is 0.826. The van der Waals surface area contributed by atoms with E-state index in [4.69, 9.17) is 0 Å². The lowest BCUT2D eigenvalue weighted by Gasteiger charge is -2.34. The third-order valence-corrected chi connectivity index (χ3v) is 3.87. The molecule has 0 saturated carbocycles. The summed E-state index contributed by atoms with van der Waals surface area (Å²) >= 11 is 0. The number of quaternary nitrogens is 1. The average Bonchev–Trinajstić information content (AvgIpc) is 2.54. The van der Waals surface area contributed by atoms with E-state index in [1.807, 2.05) is 0 Å². The molecule has 0 fully saturated rings. The molecule has 0 saturated heterocycles. The van der Waals surface area contributed by atoms with E-state index in [0.29, 0.717) is 5.75 Å². The minimum atomic E-state index is -1.16. The third-order valence-electron chi connectivity index (χ3n) is 3.87. The molecule has 1 rings (SSSR count). The highest BCUT2D eigenvalue weighted by Gasteiger charge is 2.23. The number of hydrogen-bond donors (Lipinski definition) is 1. The maximum Gasteiger partial charge on any atom is 0.142 e. The van der Waals surface area contributed by atoms with Crippen LogP contribution < -0.4 is 22.1 Å². The number of unbranched alkanes of at least 4 members (excludes halogenated alkanes) is 2. The highest BCUT2D eigenvalue weighted by Crippen LogP contribution is 2.20. The zero-order chi connectivity index (χ0) is 18.6. The van der Waals surface area contributed by atoms with Gasteiger partial charge in [-0.15, -0.1) is 0 Å². The molecule has 1 heterocycles. The number of amides is 1. The van der Waals surface area contributed by atoms with Gasteiger partial charge in [-0.2, -0.15) is 0 Å². The van der Waals surface area contributed by atoms with Gasteiger partial charge in [-0.1, -0.05) is 26.7 Å². The number of nitrogens with zero attached hydrogens (tertiary/aromatic N) is 3. The van der Waals surface area contributed by atoms with Crippen molar-refractivity contribution in [2.45, 2.75) is 46.1 Å². The van der Waals surface area contributed by atoms with Crippen molar-refractivity contribution in [1.29, 1.82) is 0 Å². The molecule has 6 nitrogen and oxygen atoms in total. The quantitative estimate of drug-likeness (QED) is 0.562. The molecule has 0 aromatic carbocycles. The van der Waals surface area contributed by atoms with Gasteiger partial charge in [-0.05, 0) is 25.0 Å². The molecule has 0 unspecified atom stereocenters. The van der Waals surface area contributed by atoms with Crippen molar-refractivity contribution < 1.29 is 36.5 Å². The third kappa shape index (κ3) is 11.8. The Morgan fingerprint density at radius 1 is 1.24 bits per heavy atom. The molecular formula is C18H33BrN3O3-. The summed E-state index contributed by atoms with van der Waals surface area (Å²) in [4.78, 5) is 14.8. The summed E-state index contributed by atoms with van der Waals surface area (Å²) in [5, 5.41) is 19.4. The van der Waals surface area contributed by atoms with E-state index in [9.17, 15) is 15.0 Å². The van der Waals surface area contributed by atoms with Crippen LogP contribution in [0, 0.1) is 0 Å². The van der Waals surface area contributed by atoms with Gasteiger partial charge in [0, 0.05) is 20.3 Å². The first-order valence-electron chi connectivity index (χ1n) is 8.60. The number of pyridine rings is 1. The van der Waals surface area contributed by atoms with E-state index in [0.717, 1.165) is 34.7 Å². The summed E-state index contributed by atoms with van der Waals surface area (Å²) in [6.07, 6.45) is 5.50. The molecule has 0 aliphatic heterocycles. The highest BCUT2D eigenvalue weighted by atomic mass is 79.9. The van der Waals surface area contributed by atoms with Gasteiger partial charge < -0.3 is 41.4 Å². The Morgan fingerprint density at radius 3 is 2.08 bits per heavy atom. The van der Waals surface area contributed by atoms with Crippen LogP contribution in [0.25, 0.3) is 0 Å². The predicted molar refractivity (Wildman–Crippen MR) is 94.4 cm³/mol. The largest absolute Gasteiger partial charge is 1.00 e. The van der Waals surface area contributed by atoms with Crippen molar-refractivity contribution in [3.63, 3.8) is 0 Å². The lowest BCUT2D eigenvalue weighted by Crippen LogP contribution is -3.00. The minimum absolute atomic E-state index is 0. The molecule has 0 radical (unpaired) electrons. The molecule has 25 heavy (non-hydrogen) atoms. The molecular weight excluding hydrogens is 386 g/mol. The second kappa shape index (κ2) is 13.9. The second-order valence-electron chi connectivity index (χ2n) is 6.56. The molecule has 0 spiro atoms. The first-order valence-corrected chi connectivity index (χ1v) is 8.60. The van der Waals surface area contributed by atoms with Gasteiger partial charge in [0.25, 0.3) is 0 Å². The van der Waals surface area contributed by atoms with E-state index in [-0.39, 0.29) is 17.0 Å². The lowest BCUT2D eigenvalue weighted by atomic mass is 10.2. The highest BCUT2D eigenvalue weighted by molar-refractivity contribution is 5.61. The maximum atomic E-state index is 9.85. The number of hydrogen-bond acceptors (Lipinski definition) is 4. The lowest BCUT2D eigenvalue weighted by molar-refractivity contribution is -0.923. The second-order valence-corrected chi connectivity index (χ2v) is 6.56. The fraction of sp³-hybridized carbons (Fsp3) is 0.667. The van der Waals surface area contributed by atoms with Gasteiger partial charge in [-0.25, -0.2) is 0 Å². The van der Waals surface area contributed by atoms with Crippen LogP contribution in [0.3, 0.4) is 0 Å². The Hall–Kier alpha value is -1.34. The van der Waals surface area contributed by atoms with Gasteiger partial charge in [0.2, 0.25) is 0 Å². The van der Waals surface area contributed by atoms with Crippen molar-refractivity contribution in [2.75, 3.05) is 34.2 Å². The Balaban J connectivity index is 0. The Morgan fingerprint density at radius 2 is 1.72 bits per heavy atom. The first kappa shape index (κ1) is 25.9. The van der Waals surface area contributed by atoms with Gasteiger partial charge in [0.05, 0.1) is 20.1 Å². The Labute approximate surface area is 162 Å². The van der Waals surface area contributed by atoms with Crippen LogP contribution in [-0.2, 0) is 6.54 Å². The van der Waals surface area contributed by atoms with Crippen LogP contribution >= 0.6 is 0 Å². The van der Waals surface area contributed by atoms with E-state index >= 15 is 0 Å². The fourth-order valence-corrected chi connectivity index (χ4v) is 2.26. The SMILES string of the molecule is CCCC[N+](C)(CCCC)Cc1ncccc1O.CN(C)C(=O)[O-].[Br-]. The average molecular weight is 419 g/mol. The zero-order valence-electron chi connectivity index (χ0n) is 16.2. The number of rotatable bonds is 8. The summed E-state index contributed by atoms with van der Waals surface area (Å²) in [7, 11) is 5.10. The minimum Gasteiger partial charge on any atom is -1.00 e. The molecule has 1 N–H and O–H groups in total. The summed E-state index contributed by atoms with van der Waals surface area (Å²) in [6.45, 7) is 7.59. The Kier molecular flexibility index (Phi) is 14.4. The van der Waals surface area contributed by atoms with E-state index < -0.39 is 6.09 Å². The maximum absolute atomic E-state index is 9.85. The zero-order valence-corrected chi connectivity index (χ0v) is 17.8. The molecule has 1 aromatic heterocycles. The van der Waals surface area contributed by atoms with Crippen LogP contribution in [0.2, 0.25) is 0 Å². The smallest absolute Gasteiger partial charge is 0.142 e. The van der Waals surface area contributed by atoms with E-state index in [1.54, 1.807) is 18.3 Å². The van der Waals surface area contributed by atoms with Crippen molar-refractivity contribution >= 4 is 6.09 Å². The number of aromatic hydroxyl groups is 1.